The van der Waals surface area contributed by atoms with Crippen LogP contribution in [0.25, 0.3) is 0 Å². The van der Waals surface area contributed by atoms with Crippen LogP contribution in [0.2, 0.25) is 0 Å². The van der Waals surface area contributed by atoms with E-state index in [-0.39, 0.29) is 5.91 Å². The van der Waals surface area contributed by atoms with E-state index in [0.717, 1.165) is 5.82 Å². The highest BCUT2D eigenvalue weighted by Gasteiger charge is 2.21. The maximum atomic E-state index is 11.6. The number of anilines is 1. The number of hydrogen-bond acceptors (Lipinski definition) is 5. The number of amides is 1. The molecule has 6 heteroatoms. The molecule has 1 heterocycles. The molecule has 17 heavy (non-hydrogen) atoms. The first-order valence-electron chi connectivity index (χ1n) is 5.67. The molecule has 0 spiro atoms. The SMILES string of the molecule is COCCNC(=O)c1ccc(NC2CC2)nn1. The minimum Gasteiger partial charge on any atom is -0.383 e. The summed E-state index contributed by atoms with van der Waals surface area (Å²) in [6.45, 7) is 0.958. The van der Waals surface area contributed by atoms with Gasteiger partial charge in [-0.15, -0.1) is 10.2 Å². The van der Waals surface area contributed by atoms with Crippen molar-refractivity contribution in [2.24, 2.45) is 0 Å². The van der Waals surface area contributed by atoms with E-state index in [9.17, 15) is 4.79 Å². The van der Waals surface area contributed by atoms with Crippen LogP contribution in [0.1, 0.15) is 23.3 Å². The van der Waals surface area contributed by atoms with Crippen LogP contribution in [0.5, 0.6) is 0 Å². The molecule has 92 valence electrons. The fourth-order valence-electron chi connectivity index (χ4n) is 1.32. The Hall–Kier alpha value is -1.69. The molecule has 0 atom stereocenters. The number of ether oxygens (including phenoxy) is 1. The molecule has 2 rings (SSSR count). The van der Waals surface area contributed by atoms with Gasteiger partial charge in [-0.2, -0.15) is 0 Å². The summed E-state index contributed by atoms with van der Waals surface area (Å²) in [5.41, 5.74) is 0.322. The first kappa shape index (κ1) is 11.8. The van der Waals surface area contributed by atoms with Crippen LogP contribution in [0.4, 0.5) is 5.82 Å². The number of nitrogens with zero attached hydrogens (tertiary/aromatic N) is 2. The third-order valence-electron chi connectivity index (χ3n) is 2.42. The zero-order valence-electron chi connectivity index (χ0n) is 9.77. The van der Waals surface area contributed by atoms with Gasteiger partial charge >= 0.3 is 0 Å². The summed E-state index contributed by atoms with van der Waals surface area (Å²) < 4.78 is 4.84. The minimum atomic E-state index is -0.229. The molecule has 0 bridgehead atoms. The van der Waals surface area contributed by atoms with Crippen molar-refractivity contribution in [3.63, 3.8) is 0 Å². The maximum Gasteiger partial charge on any atom is 0.271 e. The molecule has 6 nitrogen and oxygen atoms in total. The van der Waals surface area contributed by atoms with Crippen molar-refractivity contribution in [3.05, 3.63) is 17.8 Å². The Morgan fingerprint density at radius 3 is 2.88 bits per heavy atom. The third kappa shape index (κ3) is 3.67. The molecule has 1 aromatic heterocycles. The largest absolute Gasteiger partial charge is 0.383 e. The molecule has 2 N–H and O–H groups in total. The highest BCUT2D eigenvalue weighted by molar-refractivity contribution is 5.92. The topological polar surface area (TPSA) is 76.1 Å². The molecule has 0 unspecified atom stereocenters. The second kappa shape index (κ2) is 5.58. The van der Waals surface area contributed by atoms with E-state index in [1.807, 2.05) is 0 Å². The zero-order valence-corrected chi connectivity index (χ0v) is 9.77. The van der Waals surface area contributed by atoms with Gasteiger partial charge in [-0.05, 0) is 25.0 Å². The van der Waals surface area contributed by atoms with Crippen molar-refractivity contribution in [1.82, 2.24) is 15.5 Å². The molecule has 1 saturated carbocycles. The fourth-order valence-corrected chi connectivity index (χ4v) is 1.32. The van der Waals surface area contributed by atoms with E-state index in [1.54, 1.807) is 19.2 Å². The van der Waals surface area contributed by atoms with Crippen LogP contribution in [-0.4, -0.2) is 42.4 Å². The van der Waals surface area contributed by atoms with Gasteiger partial charge in [-0.25, -0.2) is 0 Å². The van der Waals surface area contributed by atoms with Crippen molar-refractivity contribution in [2.75, 3.05) is 25.6 Å². The van der Waals surface area contributed by atoms with Crippen LogP contribution >= 0.6 is 0 Å². The van der Waals surface area contributed by atoms with Crippen molar-refractivity contribution >= 4 is 11.7 Å². The average Bonchev–Trinajstić information content (AvgIpc) is 3.14. The van der Waals surface area contributed by atoms with E-state index in [2.05, 4.69) is 20.8 Å². The lowest BCUT2D eigenvalue weighted by molar-refractivity contribution is 0.0931. The second-order valence-electron chi connectivity index (χ2n) is 3.97. The molecular weight excluding hydrogens is 220 g/mol. The number of carbonyl (C=O) groups excluding carboxylic acids is 1. The quantitative estimate of drug-likeness (QED) is 0.700. The van der Waals surface area contributed by atoms with Crippen LogP contribution in [0.15, 0.2) is 12.1 Å². The summed E-state index contributed by atoms with van der Waals surface area (Å²) in [5.74, 6) is 0.494. The Morgan fingerprint density at radius 1 is 1.47 bits per heavy atom. The van der Waals surface area contributed by atoms with Crippen LogP contribution in [-0.2, 0) is 4.74 Å². The van der Waals surface area contributed by atoms with E-state index in [1.165, 1.54) is 12.8 Å². The Balaban J connectivity index is 1.85. The predicted molar refractivity (Wildman–Crippen MR) is 62.9 cm³/mol. The van der Waals surface area contributed by atoms with E-state index in [4.69, 9.17) is 4.74 Å². The molecule has 1 aliphatic carbocycles. The summed E-state index contributed by atoms with van der Waals surface area (Å²) in [4.78, 5) is 11.6. The van der Waals surface area contributed by atoms with Gasteiger partial charge in [0.25, 0.3) is 5.91 Å². The lowest BCUT2D eigenvalue weighted by atomic mass is 10.3. The number of methoxy groups -OCH3 is 1. The average molecular weight is 236 g/mol. The fraction of sp³-hybridized carbons (Fsp3) is 0.545. The molecule has 0 aliphatic heterocycles. The molecule has 1 aromatic rings. The van der Waals surface area contributed by atoms with Gasteiger partial charge in [-0.1, -0.05) is 0 Å². The van der Waals surface area contributed by atoms with Gasteiger partial charge in [0.15, 0.2) is 5.69 Å². The number of nitrogens with one attached hydrogen (secondary N) is 2. The minimum absolute atomic E-state index is 0.229. The number of hydrogen-bond donors (Lipinski definition) is 2. The highest BCUT2D eigenvalue weighted by Crippen LogP contribution is 2.23. The van der Waals surface area contributed by atoms with Crippen molar-refractivity contribution in [1.29, 1.82) is 0 Å². The van der Waals surface area contributed by atoms with Gasteiger partial charge in [0.2, 0.25) is 0 Å². The zero-order chi connectivity index (χ0) is 12.1. The van der Waals surface area contributed by atoms with Gasteiger partial charge in [-0.3, -0.25) is 4.79 Å². The van der Waals surface area contributed by atoms with Gasteiger partial charge < -0.3 is 15.4 Å². The van der Waals surface area contributed by atoms with E-state index < -0.39 is 0 Å². The third-order valence-corrected chi connectivity index (χ3v) is 2.42. The second-order valence-corrected chi connectivity index (χ2v) is 3.97. The molecule has 1 amide bonds. The molecule has 1 fully saturated rings. The first-order chi connectivity index (χ1) is 8.29. The maximum absolute atomic E-state index is 11.6. The Bertz CT molecular complexity index is 376. The van der Waals surface area contributed by atoms with Gasteiger partial charge in [0.05, 0.1) is 6.61 Å². The number of carbonyl (C=O) groups is 1. The van der Waals surface area contributed by atoms with Crippen molar-refractivity contribution in [2.45, 2.75) is 18.9 Å². The van der Waals surface area contributed by atoms with Crippen molar-refractivity contribution < 1.29 is 9.53 Å². The summed E-state index contributed by atoms with van der Waals surface area (Å²) in [5, 5.41) is 13.7. The van der Waals surface area contributed by atoms with Crippen LogP contribution in [0.3, 0.4) is 0 Å². The normalized spacial score (nSPS) is 14.4. The predicted octanol–water partition coefficient (Wildman–Crippen LogP) is 0.427. The highest BCUT2D eigenvalue weighted by atomic mass is 16.5. The van der Waals surface area contributed by atoms with Gasteiger partial charge in [0, 0.05) is 19.7 Å². The summed E-state index contributed by atoms with van der Waals surface area (Å²) in [7, 11) is 1.59. The first-order valence-corrected chi connectivity index (χ1v) is 5.67. The lowest BCUT2D eigenvalue weighted by Crippen LogP contribution is -2.28. The van der Waals surface area contributed by atoms with Crippen molar-refractivity contribution in [3.8, 4) is 0 Å². The Labute approximate surface area is 99.8 Å². The molecule has 0 aromatic carbocycles. The van der Waals surface area contributed by atoms with Gasteiger partial charge in [0.1, 0.15) is 5.82 Å². The van der Waals surface area contributed by atoms with E-state index in [0.29, 0.717) is 24.9 Å². The molecule has 0 radical (unpaired) electrons. The standard InChI is InChI=1S/C11H16N4O2/c1-17-7-6-12-11(16)9-4-5-10(15-14-9)13-8-2-3-8/h4-5,8H,2-3,6-7H2,1H3,(H,12,16)(H,13,15). The summed E-state index contributed by atoms with van der Waals surface area (Å²) in [6, 6.07) is 3.97. The number of rotatable bonds is 6. The lowest BCUT2D eigenvalue weighted by Gasteiger charge is -2.05. The molecular formula is C11H16N4O2. The summed E-state index contributed by atoms with van der Waals surface area (Å²) in [6.07, 6.45) is 2.36. The van der Waals surface area contributed by atoms with Crippen LogP contribution < -0.4 is 10.6 Å². The summed E-state index contributed by atoms with van der Waals surface area (Å²) >= 11 is 0. The Kier molecular flexibility index (Phi) is 3.87. The smallest absolute Gasteiger partial charge is 0.271 e. The van der Waals surface area contributed by atoms with E-state index >= 15 is 0 Å². The molecule has 1 aliphatic rings. The van der Waals surface area contributed by atoms with Crippen LogP contribution in [0, 0.1) is 0 Å². The molecule has 0 saturated heterocycles. The number of aromatic nitrogens is 2. The monoisotopic (exact) mass is 236 g/mol. The Morgan fingerprint density at radius 2 is 2.29 bits per heavy atom.